The van der Waals surface area contributed by atoms with E-state index in [9.17, 15) is 14.4 Å². The molecule has 0 rings (SSSR count). The van der Waals surface area contributed by atoms with Gasteiger partial charge in [-0.3, -0.25) is 14.4 Å². The van der Waals surface area contributed by atoms with E-state index in [-0.39, 0.29) is 31.1 Å². The second kappa shape index (κ2) is 46.1. The van der Waals surface area contributed by atoms with E-state index in [2.05, 4.69) is 20.8 Å². The van der Waals surface area contributed by atoms with Gasteiger partial charge in [0.05, 0.1) is 0 Å². The lowest BCUT2D eigenvalue weighted by atomic mass is 10.0. The summed E-state index contributed by atoms with van der Waals surface area (Å²) in [6.07, 6.45) is 47.9. The van der Waals surface area contributed by atoms with Crippen LogP contribution in [0.5, 0.6) is 0 Å². The maximum Gasteiger partial charge on any atom is 0.306 e. The number of carbonyl (C=O) groups is 3. The number of rotatable bonds is 46. The van der Waals surface area contributed by atoms with Crippen LogP contribution in [0.3, 0.4) is 0 Å². The van der Waals surface area contributed by atoms with Crippen LogP contribution < -0.4 is 0 Å². The Hall–Kier alpha value is -1.59. The number of hydrogen-bond acceptors (Lipinski definition) is 6. The fraction of sp³-hybridized carbons (Fsp3) is 0.940. The number of carbonyl (C=O) groups excluding carboxylic acids is 3. The highest BCUT2D eigenvalue weighted by atomic mass is 16.6. The molecule has 0 amide bonds. The van der Waals surface area contributed by atoms with Crippen LogP contribution in [-0.2, 0) is 28.6 Å². The van der Waals surface area contributed by atoms with Gasteiger partial charge >= 0.3 is 17.9 Å². The number of esters is 3. The highest BCUT2D eigenvalue weighted by molar-refractivity contribution is 5.71. The normalized spacial score (nSPS) is 11.8. The zero-order valence-electron chi connectivity index (χ0n) is 37.9. The topological polar surface area (TPSA) is 78.9 Å². The SMILES string of the molecule is CCCCCCCCCCCCCCCCCC(=O)OC[C@@H](COC(=O)CCCCCCCCCCCC)OC(=O)CCCCCCCCCCCCCCC. The van der Waals surface area contributed by atoms with E-state index >= 15 is 0 Å². The molecule has 0 aliphatic heterocycles. The van der Waals surface area contributed by atoms with Crippen molar-refractivity contribution in [2.45, 2.75) is 290 Å². The summed E-state index contributed by atoms with van der Waals surface area (Å²) in [5.41, 5.74) is 0. The van der Waals surface area contributed by atoms with E-state index in [4.69, 9.17) is 14.2 Å². The summed E-state index contributed by atoms with van der Waals surface area (Å²) in [6, 6.07) is 0. The molecule has 0 unspecified atom stereocenters. The van der Waals surface area contributed by atoms with Gasteiger partial charge in [-0.25, -0.2) is 0 Å². The molecule has 0 spiro atoms. The summed E-state index contributed by atoms with van der Waals surface area (Å²) in [6.45, 7) is 6.66. The van der Waals surface area contributed by atoms with Gasteiger partial charge in [-0.15, -0.1) is 0 Å². The second-order valence-corrected chi connectivity index (χ2v) is 17.1. The molecule has 0 aromatic heterocycles. The van der Waals surface area contributed by atoms with Crippen molar-refractivity contribution < 1.29 is 28.6 Å². The highest BCUT2D eigenvalue weighted by Gasteiger charge is 2.19. The maximum atomic E-state index is 12.7. The minimum atomic E-state index is -0.758. The molecule has 0 aromatic carbocycles. The lowest BCUT2D eigenvalue weighted by Gasteiger charge is -2.18. The smallest absolute Gasteiger partial charge is 0.306 e. The first-order chi connectivity index (χ1) is 27.5. The van der Waals surface area contributed by atoms with Crippen LogP contribution in [-0.4, -0.2) is 37.2 Å². The van der Waals surface area contributed by atoms with Crippen LogP contribution in [0.25, 0.3) is 0 Å². The molecule has 0 fully saturated rings. The molecule has 0 aliphatic rings. The first kappa shape index (κ1) is 54.4. The maximum absolute atomic E-state index is 12.7. The number of ether oxygens (including phenoxy) is 3. The third-order valence-electron chi connectivity index (χ3n) is 11.4. The molecule has 0 N–H and O–H groups in total. The van der Waals surface area contributed by atoms with Crippen molar-refractivity contribution in [1.29, 1.82) is 0 Å². The fourth-order valence-electron chi connectivity index (χ4n) is 7.56. The molecule has 6 heteroatoms. The Labute approximate surface area is 348 Å². The van der Waals surface area contributed by atoms with Crippen molar-refractivity contribution in [2.75, 3.05) is 13.2 Å². The lowest BCUT2D eigenvalue weighted by Crippen LogP contribution is -2.30. The molecule has 0 bridgehead atoms. The van der Waals surface area contributed by atoms with Crippen molar-refractivity contribution in [1.82, 2.24) is 0 Å². The monoisotopic (exact) mass is 793 g/mol. The van der Waals surface area contributed by atoms with Crippen LogP contribution in [0.4, 0.5) is 0 Å². The quantitative estimate of drug-likeness (QED) is 0.0347. The zero-order valence-corrected chi connectivity index (χ0v) is 37.9. The summed E-state index contributed by atoms with van der Waals surface area (Å²) in [5, 5.41) is 0. The van der Waals surface area contributed by atoms with Gasteiger partial charge in [-0.05, 0) is 19.3 Å². The predicted octanol–water partition coefficient (Wildman–Crippen LogP) is 16.0. The van der Waals surface area contributed by atoms with Crippen molar-refractivity contribution >= 4 is 17.9 Å². The van der Waals surface area contributed by atoms with E-state index in [1.807, 2.05) is 0 Å². The van der Waals surface area contributed by atoms with Crippen LogP contribution in [0, 0.1) is 0 Å². The van der Waals surface area contributed by atoms with Crippen molar-refractivity contribution in [3.05, 3.63) is 0 Å². The largest absolute Gasteiger partial charge is 0.462 e. The Bertz CT molecular complexity index is 828. The molecule has 56 heavy (non-hydrogen) atoms. The summed E-state index contributed by atoms with van der Waals surface area (Å²) in [5.74, 6) is -0.845. The van der Waals surface area contributed by atoms with Gasteiger partial charge < -0.3 is 14.2 Å². The summed E-state index contributed by atoms with van der Waals surface area (Å²) >= 11 is 0. The van der Waals surface area contributed by atoms with Crippen LogP contribution in [0.1, 0.15) is 284 Å². The van der Waals surface area contributed by atoms with E-state index in [1.54, 1.807) is 0 Å². The molecule has 0 saturated heterocycles. The molecule has 332 valence electrons. The van der Waals surface area contributed by atoms with Gasteiger partial charge in [0.1, 0.15) is 13.2 Å². The average molecular weight is 793 g/mol. The van der Waals surface area contributed by atoms with E-state index in [1.165, 1.54) is 186 Å². The molecule has 0 saturated carbocycles. The molecule has 1 atom stereocenters. The van der Waals surface area contributed by atoms with Gasteiger partial charge in [0, 0.05) is 19.3 Å². The number of hydrogen-bond donors (Lipinski definition) is 0. The van der Waals surface area contributed by atoms with E-state index < -0.39 is 6.10 Å². The standard InChI is InChI=1S/C50H96O6/c1-4-7-10-13-16-19-22-24-25-27-28-31-34-37-40-43-49(52)55-46-47(45-54-48(51)42-39-36-33-30-21-18-15-12-9-6-3)56-50(53)44-41-38-35-32-29-26-23-20-17-14-11-8-5-2/h47H,4-46H2,1-3H3/t47-/m1/s1. The van der Waals surface area contributed by atoms with Gasteiger partial charge in [0.25, 0.3) is 0 Å². The molecule has 0 aliphatic carbocycles. The molecule has 6 nitrogen and oxygen atoms in total. The van der Waals surface area contributed by atoms with E-state index in [0.29, 0.717) is 19.3 Å². The molecule has 0 aromatic rings. The Balaban J connectivity index is 4.28. The molecule has 0 heterocycles. The second-order valence-electron chi connectivity index (χ2n) is 17.1. The van der Waals surface area contributed by atoms with Crippen LogP contribution in [0.2, 0.25) is 0 Å². The van der Waals surface area contributed by atoms with Crippen molar-refractivity contribution in [2.24, 2.45) is 0 Å². The Morgan fingerprint density at radius 1 is 0.286 bits per heavy atom. The molecule has 0 radical (unpaired) electrons. The lowest BCUT2D eigenvalue weighted by molar-refractivity contribution is -0.167. The Kier molecular flexibility index (Phi) is 44.8. The zero-order chi connectivity index (χ0) is 40.8. The minimum absolute atomic E-state index is 0.0621. The first-order valence-electron chi connectivity index (χ1n) is 25.0. The number of unbranched alkanes of at least 4 members (excludes halogenated alkanes) is 35. The third kappa shape index (κ3) is 43.5. The van der Waals surface area contributed by atoms with Crippen molar-refractivity contribution in [3.63, 3.8) is 0 Å². The Morgan fingerprint density at radius 2 is 0.482 bits per heavy atom. The van der Waals surface area contributed by atoms with Gasteiger partial charge in [0.2, 0.25) is 0 Å². The summed E-state index contributed by atoms with van der Waals surface area (Å²) < 4.78 is 16.8. The summed E-state index contributed by atoms with van der Waals surface area (Å²) in [7, 11) is 0. The average Bonchev–Trinajstić information content (AvgIpc) is 3.19. The van der Waals surface area contributed by atoms with E-state index in [0.717, 1.165) is 57.8 Å². The highest BCUT2D eigenvalue weighted by Crippen LogP contribution is 2.16. The van der Waals surface area contributed by atoms with Gasteiger partial charge in [0.15, 0.2) is 6.10 Å². The third-order valence-corrected chi connectivity index (χ3v) is 11.4. The van der Waals surface area contributed by atoms with Crippen LogP contribution >= 0.6 is 0 Å². The van der Waals surface area contributed by atoms with Crippen LogP contribution in [0.15, 0.2) is 0 Å². The van der Waals surface area contributed by atoms with Gasteiger partial charge in [-0.1, -0.05) is 245 Å². The van der Waals surface area contributed by atoms with Gasteiger partial charge in [-0.2, -0.15) is 0 Å². The molecular weight excluding hydrogens is 697 g/mol. The molecular formula is C50H96O6. The first-order valence-corrected chi connectivity index (χ1v) is 25.0. The predicted molar refractivity (Wildman–Crippen MR) is 238 cm³/mol. The Morgan fingerprint density at radius 3 is 0.714 bits per heavy atom. The van der Waals surface area contributed by atoms with Crippen molar-refractivity contribution in [3.8, 4) is 0 Å². The fourth-order valence-corrected chi connectivity index (χ4v) is 7.56. The summed E-state index contributed by atoms with van der Waals surface area (Å²) in [4.78, 5) is 37.8. The minimum Gasteiger partial charge on any atom is -0.462 e.